The van der Waals surface area contributed by atoms with E-state index >= 15 is 0 Å². The van der Waals surface area contributed by atoms with Crippen LogP contribution in [0.25, 0.3) is 10.8 Å². The zero-order chi connectivity index (χ0) is 22.8. The van der Waals surface area contributed by atoms with Gasteiger partial charge in [0.05, 0.1) is 31.9 Å². The number of rotatable bonds is 9. The van der Waals surface area contributed by atoms with Crippen LogP contribution in [0.3, 0.4) is 0 Å². The van der Waals surface area contributed by atoms with E-state index in [1.807, 2.05) is 73.7 Å². The van der Waals surface area contributed by atoms with Crippen LogP contribution in [0.5, 0.6) is 5.75 Å². The minimum absolute atomic E-state index is 0.0180. The van der Waals surface area contributed by atoms with Gasteiger partial charge in [0.15, 0.2) is 0 Å². The number of hydrazone groups is 1. The van der Waals surface area contributed by atoms with Gasteiger partial charge in [0.25, 0.3) is 0 Å². The van der Waals surface area contributed by atoms with Gasteiger partial charge in [-0.1, -0.05) is 54.6 Å². The summed E-state index contributed by atoms with van der Waals surface area (Å²) in [6.45, 7) is 4.50. The highest BCUT2D eigenvalue weighted by Crippen LogP contribution is 2.27. The van der Waals surface area contributed by atoms with Crippen molar-refractivity contribution in [1.29, 1.82) is 0 Å². The number of benzene rings is 3. The molecule has 0 aliphatic rings. The van der Waals surface area contributed by atoms with Crippen LogP contribution in [0.15, 0.2) is 71.8 Å². The van der Waals surface area contributed by atoms with Crippen molar-refractivity contribution < 1.29 is 19.1 Å². The molecule has 0 aliphatic carbocycles. The molecule has 3 rings (SSSR count). The molecule has 7 nitrogen and oxygen atoms in total. The van der Waals surface area contributed by atoms with E-state index in [0.29, 0.717) is 6.61 Å². The van der Waals surface area contributed by atoms with Crippen molar-refractivity contribution in [3.63, 3.8) is 0 Å². The molecule has 3 aromatic carbocycles. The van der Waals surface area contributed by atoms with Gasteiger partial charge in [-0.25, -0.2) is 10.2 Å². The van der Waals surface area contributed by atoms with E-state index in [4.69, 9.17) is 9.47 Å². The summed E-state index contributed by atoms with van der Waals surface area (Å²) in [5.41, 5.74) is 4.21. The van der Waals surface area contributed by atoms with Crippen LogP contribution in [-0.4, -0.2) is 31.4 Å². The Labute approximate surface area is 187 Å². The number of nitrogens with one attached hydrogen (secondary N) is 2. The molecular weight excluding hydrogens is 406 g/mol. The first-order valence-electron chi connectivity index (χ1n) is 10.6. The van der Waals surface area contributed by atoms with Gasteiger partial charge in [0.1, 0.15) is 5.75 Å². The lowest BCUT2D eigenvalue weighted by molar-refractivity contribution is -0.121. The molecule has 0 saturated carbocycles. The third-order valence-electron chi connectivity index (χ3n) is 4.77. The molecule has 0 bridgehead atoms. The molecular formula is C25H27N3O4. The lowest BCUT2D eigenvalue weighted by atomic mass is 10.0. The number of hydrogen-bond donors (Lipinski definition) is 2. The van der Waals surface area contributed by atoms with Crippen molar-refractivity contribution in [2.75, 3.05) is 13.2 Å². The normalized spacial score (nSPS) is 11.8. The molecule has 166 valence electrons. The summed E-state index contributed by atoms with van der Waals surface area (Å²) in [4.78, 5) is 24.4. The third-order valence-corrected chi connectivity index (χ3v) is 4.77. The molecule has 1 atom stereocenters. The fourth-order valence-electron chi connectivity index (χ4n) is 3.35. The molecule has 2 N–H and O–H groups in total. The molecule has 0 fully saturated rings. The van der Waals surface area contributed by atoms with E-state index in [2.05, 4.69) is 15.8 Å². The summed E-state index contributed by atoms with van der Waals surface area (Å²) in [6.07, 6.45) is 1.05. The van der Waals surface area contributed by atoms with Gasteiger partial charge in [-0.3, -0.25) is 4.79 Å². The fourth-order valence-corrected chi connectivity index (χ4v) is 3.35. The van der Waals surface area contributed by atoms with Crippen LogP contribution >= 0.6 is 0 Å². The SMILES string of the molecule is CCOC(=O)N[C@@H](CC(=O)N/N=C\c1ccc(OCC)c2ccccc12)c1ccccc1. The number of hydrogen-bond acceptors (Lipinski definition) is 5. The van der Waals surface area contributed by atoms with Crippen LogP contribution in [0.4, 0.5) is 4.79 Å². The first kappa shape index (κ1) is 22.8. The van der Waals surface area contributed by atoms with Crippen LogP contribution in [0, 0.1) is 0 Å². The summed E-state index contributed by atoms with van der Waals surface area (Å²) in [5.74, 6) is 0.474. The van der Waals surface area contributed by atoms with E-state index < -0.39 is 12.1 Å². The average molecular weight is 434 g/mol. The zero-order valence-corrected chi connectivity index (χ0v) is 18.2. The van der Waals surface area contributed by atoms with Gasteiger partial charge in [0, 0.05) is 10.9 Å². The molecule has 0 heterocycles. The Kier molecular flexibility index (Phi) is 8.20. The maximum Gasteiger partial charge on any atom is 0.407 e. The predicted molar refractivity (Wildman–Crippen MR) is 125 cm³/mol. The van der Waals surface area contributed by atoms with Crippen molar-refractivity contribution in [1.82, 2.24) is 10.7 Å². The van der Waals surface area contributed by atoms with E-state index in [0.717, 1.165) is 27.6 Å². The lowest BCUT2D eigenvalue weighted by Gasteiger charge is -2.18. The molecule has 0 aromatic heterocycles. The molecule has 0 aliphatic heterocycles. The minimum Gasteiger partial charge on any atom is -0.493 e. The highest BCUT2D eigenvalue weighted by atomic mass is 16.5. The summed E-state index contributed by atoms with van der Waals surface area (Å²) in [7, 11) is 0. The Balaban J connectivity index is 1.70. The molecule has 0 radical (unpaired) electrons. The van der Waals surface area contributed by atoms with Gasteiger partial charge in [0.2, 0.25) is 5.91 Å². The number of fused-ring (bicyclic) bond motifs is 1. The van der Waals surface area contributed by atoms with Crippen LogP contribution in [0.2, 0.25) is 0 Å². The predicted octanol–water partition coefficient (Wildman–Crippen LogP) is 4.57. The number of alkyl carbamates (subject to hydrolysis) is 1. The van der Waals surface area contributed by atoms with Crippen LogP contribution in [0.1, 0.15) is 37.4 Å². The van der Waals surface area contributed by atoms with Crippen LogP contribution in [-0.2, 0) is 9.53 Å². The third kappa shape index (κ3) is 6.07. The topological polar surface area (TPSA) is 89.0 Å². The summed E-state index contributed by atoms with van der Waals surface area (Å²) >= 11 is 0. The fraction of sp³-hybridized carbons (Fsp3) is 0.240. The van der Waals surface area contributed by atoms with Crippen LogP contribution < -0.4 is 15.5 Å². The van der Waals surface area contributed by atoms with E-state index in [1.54, 1.807) is 13.1 Å². The monoisotopic (exact) mass is 433 g/mol. The summed E-state index contributed by atoms with van der Waals surface area (Å²) < 4.78 is 10.7. The number of ether oxygens (including phenoxy) is 2. The molecule has 0 unspecified atom stereocenters. The summed E-state index contributed by atoms with van der Waals surface area (Å²) in [5, 5.41) is 8.80. The molecule has 7 heteroatoms. The largest absolute Gasteiger partial charge is 0.493 e. The minimum atomic E-state index is -0.571. The molecule has 0 spiro atoms. The number of amides is 2. The standard InChI is InChI=1S/C25H27N3O4/c1-3-31-23-15-14-19(20-12-8-9-13-21(20)23)17-26-28-24(29)16-22(27-25(30)32-4-2)18-10-6-5-7-11-18/h5-15,17,22H,3-4,16H2,1-2H3,(H,27,30)(H,28,29)/b26-17-/t22-/m0/s1. The van der Waals surface area contributed by atoms with Gasteiger partial charge in [-0.2, -0.15) is 5.10 Å². The van der Waals surface area contributed by atoms with Crippen molar-refractivity contribution in [3.05, 3.63) is 77.9 Å². The van der Waals surface area contributed by atoms with Crippen molar-refractivity contribution in [2.24, 2.45) is 5.10 Å². The van der Waals surface area contributed by atoms with Gasteiger partial charge >= 0.3 is 6.09 Å². The first-order valence-corrected chi connectivity index (χ1v) is 10.6. The van der Waals surface area contributed by atoms with E-state index in [1.165, 1.54) is 0 Å². The van der Waals surface area contributed by atoms with Crippen molar-refractivity contribution in [2.45, 2.75) is 26.3 Å². The highest BCUT2D eigenvalue weighted by molar-refractivity contribution is 6.02. The highest BCUT2D eigenvalue weighted by Gasteiger charge is 2.18. The second kappa shape index (κ2) is 11.5. The lowest BCUT2D eigenvalue weighted by Crippen LogP contribution is -2.33. The Bertz CT molecular complexity index is 1080. The number of carbonyl (C=O) groups is 2. The number of nitrogens with zero attached hydrogens (tertiary/aromatic N) is 1. The average Bonchev–Trinajstić information content (AvgIpc) is 2.81. The maximum absolute atomic E-state index is 12.5. The molecule has 0 saturated heterocycles. The Morgan fingerprint density at radius 3 is 2.38 bits per heavy atom. The molecule has 2 amide bonds. The van der Waals surface area contributed by atoms with E-state index in [-0.39, 0.29) is 18.9 Å². The second-order valence-electron chi connectivity index (χ2n) is 6.96. The maximum atomic E-state index is 12.5. The number of carbonyl (C=O) groups excluding carboxylic acids is 2. The summed E-state index contributed by atoms with van der Waals surface area (Å²) in [6, 6.07) is 20.4. The quantitative estimate of drug-likeness (QED) is 0.382. The van der Waals surface area contributed by atoms with E-state index in [9.17, 15) is 9.59 Å². The van der Waals surface area contributed by atoms with Gasteiger partial charge in [-0.05, 0) is 36.9 Å². The smallest absolute Gasteiger partial charge is 0.407 e. The molecule has 3 aromatic rings. The van der Waals surface area contributed by atoms with Gasteiger partial charge < -0.3 is 14.8 Å². The van der Waals surface area contributed by atoms with Crippen molar-refractivity contribution >= 4 is 29.0 Å². The Hall–Kier alpha value is -3.87. The van der Waals surface area contributed by atoms with Crippen molar-refractivity contribution in [3.8, 4) is 5.75 Å². The Morgan fingerprint density at radius 2 is 1.66 bits per heavy atom. The van der Waals surface area contributed by atoms with Gasteiger partial charge in [-0.15, -0.1) is 0 Å². The first-order chi connectivity index (χ1) is 15.6. The zero-order valence-electron chi connectivity index (χ0n) is 18.2. The molecule has 32 heavy (non-hydrogen) atoms. The second-order valence-corrected chi connectivity index (χ2v) is 6.96. The Morgan fingerprint density at radius 1 is 0.938 bits per heavy atom.